The number of amides is 5. The molecule has 0 radical (unpaired) electrons. The van der Waals surface area contributed by atoms with Crippen molar-refractivity contribution in [1.29, 1.82) is 0 Å². The Balaban J connectivity index is 0.943. The third kappa shape index (κ3) is 9.56. The maximum atomic E-state index is 12.8. The van der Waals surface area contributed by atoms with Gasteiger partial charge in [-0.05, 0) is 44.8 Å². The zero-order valence-corrected chi connectivity index (χ0v) is 32.9. The van der Waals surface area contributed by atoms with Crippen LogP contribution in [-0.2, 0) is 49.9 Å². The average molecular weight is 813 g/mol. The Labute approximate surface area is 331 Å². The van der Waals surface area contributed by atoms with Gasteiger partial charge in [0, 0.05) is 98.0 Å². The van der Waals surface area contributed by atoms with Gasteiger partial charge in [-0.1, -0.05) is 29.3 Å². The quantitative estimate of drug-likeness (QED) is 0.141. The summed E-state index contributed by atoms with van der Waals surface area (Å²) in [5.41, 5.74) is 3.70. The molecule has 1 saturated heterocycles. The van der Waals surface area contributed by atoms with E-state index in [0.29, 0.717) is 78.9 Å². The fourth-order valence-electron chi connectivity index (χ4n) is 6.59. The van der Waals surface area contributed by atoms with E-state index in [-0.39, 0.29) is 55.6 Å². The van der Waals surface area contributed by atoms with E-state index in [4.69, 9.17) is 23.2 Å². The summed E-state index contributed by atoms with van der Waals surface area (Å²) in [6, 6.07) is 7.31. The van der Waals surface area contributed by atoms with Crippen molar-refractivity contribution >= 4 is 80.0 Å². The number of aliphatic hydroxyl groups excluding tert-OH is 1. The van der Waals surface area contributed by atoms with Gasteiger partial charge in [0.1, 0.15) is 19.7 Å². The van der Waals surface area contributed by atoms with Crippen LogP contribution >= 0.6 is 34.5 Å². The van der Waals surface area contributed by atoms with Crippen LogP contribution in [0.15, 0.2) is 42.6 Å². The fourth-order valence-corrected chi connectivity index (χ4v) is 8.04. The Kier molecular flexibility index (Phi) is 12.9. The SMILES string of the molecule is CN(C)C/C=C/C(=O)N1CCN(c2ccc(CCNC(=O)CCNC(=O)Cn3ccc(-c4cc(Cl)c(Cl)c5[nH]c6c(c45)CN(C(=O)CO)CC6)n3)s2)C(=O)C1. The molecule has 6 rings (SSSR count). The molecule has 0 unspecified atom stereocenters. The number of halogens is 2. The topological polar surface area (TPSA) is 176 Å². The van der Waals surface area contributed by atoms with Gasteiger partial charge in [-0.25, -0.2) is 0 Å². The highest BCUT2D eigenvalue weighted by Gasteiger charge is 2.29. The molecule has 292 valence electrons. The summed E-state index contributed by atoms with van der Waals surface area (Å²) in [5, 5.41) is 21.9. The molecule has 18 heteroatoms. The fraction of sp³-hybridized carbons (Fsp3) is 0.405. The van der Waals surface area contributed by atoms with Gasteiger partial charge in [-0.3, -0.25) is 28.7 Å². The first-order chi connectivity index (χ1) is 26.4. The summed E-state index contributed by atoms with van der Waals surface area (Å²) in [7, 11) is 3.83. The Bertz CT molecular complexity index is 2130. The standard InChI is InChI=1S/C37H43Cl2N9O6S/c1-44(2)13-3-4-31(52)46-16-17-48(32(53)21-46)34-6-5-23(55-34)7-11-40-29(50)8-12-41-30(51)20-47-15-10-28(43-47)24-18-26(38)36(39)37-35(24)25-19-45(33(54)22-49)14-9-27(25)42-37/h3-6,10,15,18,42,49H,7-9,11-14,16-17,19-22H2,1-2H3,(H,40,50)(H,41,51)/b4-3+. The number of aromatic nitrogens is 3. The van der Waals surface area contributed by atoms with E-state index >= 15 is 0 Å². The highest BCUT2D eigenvalue weighted by atomic mass is 35.5. The summed E-state index contributed by atoms with van der Waals surface area (Å²) >= 11 is 14.6. The molecular formula is C37H43Cl2N9O6S. The Morgan fingerprint density at radius 2 is 1.84 bits per heavy atom. The number of piperazine rings is 1. The van der Waals surface area contributed by atoms with Gasteiger partial charge in [0.25, 0.3) is 0 Å². The van der Waals surface area contributed by atoms with Crippen molar-refractivity contribution in [1.82, 2.24) is 40.1 Å². The van der Waals surface area contributed by atoms with Crippen LogP contribution < -0.4 is 15.5 Å². The Morgan fingerprint density at radius 1 is 1.04 bits per heavy atom. The number of benzene rings is 1. The van der Waals surface area contributed by atoms with E-state index in [0.717, 1.165) is 26.5 Å². The largest absolute Gasteiger partial charge is 0.387 e. The van der Waals surface area contributed by atoms with Gasteiger partial charge in [-0.2, -0.15) is 5.10 Å². The maximum Gasteiger partial charge on any atom is 0.248 e. The molecule has 1 aromatic carbocycles. The Morgan fingerprint density at radius 3 is 2.60 bits per heavy atom. The van der Waals surface area contributed by atoms with Crippen LogP contribution in [0.1, 0.15) is 22.6 Å². The third-order valence-electron chi connectivity index (χ3n) is 9.40. The van der Waals surface area contributed by atoms with Crippen LogP contribution in [0.5, 0.6) is 0 Å². The van der Waals surface area contributed by atoms with Gasteiger partial charge >= 0.3 is 0 Å². The number of aromatic amines is 1. The molecule has 2 aliphatic rings. The number of carbonyl (C=O) groups excluding carboxylic acids is 5. The zero-order chi connectivity index (χ0) is 39.2. The lowest BCUT2D eigenvalue weighted by Crippen LogP contribution is -2.51. The predicted molar refractivity (Wildman–Crippen MR) is 211 cm³/mol. The molecule has 15 nitrogen and oxygen atoms in total. The van der Waals surface area contributed by atoms with E-state index in [1.54, 1.807) is 39.1 Å². The number of carbonyl (C=O) groups is 5. The molecule has 2 aliphatic heterocycles. The van der Waals surface area contributed by atoms with E-state index in [1.807, 2.05) is 31.1 Å². The lowest BCUT2D eigenvalue weighted by molar-refractivity contribution is -0.135. The van der Waals surface area contributed by atoms with Crippen LogP contribution in [0.3, 0.4) is 0 Å². The number of hydrogen-bond donors (Lipinski definition) is 4. The normalized spacial score (nSPS) is 14.7. The van der Waals surface area contributed by atoms with Gasteiger partial charge in [0.15, 0.2) is 0 Å². The molecule has 5 heterocycles. The summed E-state index contributed by atoms with van der Waals surface area (Å²) in [4.78, 5) is 73.9. The number of hydrogen-bond acceptors (Lipinski definition) is 9. The lowest BCUT2D eigenvalue weighted by Gasteiger charge is -2.33. The second kappa shape index (κ2) is 17.8. The monoisotopic (exact) mass is 811 g/mol. The molecule has 0 atom stereocenters. The van der Waals surface area contributed by atoms with E-state index < -0.39 is 6.61 Å². The molecule has 55 heavy (non-hydrogen) atoms. The lowest BCUT2D eigenvalue weighted by atomic mass is 9.99. The number of fused-ring (bicyclic) bond motifs is 3. The molecule has 0 aliphatic carbocycles. The first-order valence-electron chi connectivity index (χ1n) is 17.9. The molecule has 0 saturated carbocycles. The van der Waals surface area contributed by atoms with Crippen LogP contribution in [0.2, 0.25) is 10.0 Å². The molecular weight excluding hydrogens is 769 g/mol. The Hall–Kier alpha value is -4.74. The van der Waals surface area contributed by atoms with Crippen LogP contribution in [-0.4, -0.2) is 131 Å². The van der Waals surface area contributed by atoms with Gasteiger partial charge < -0.3 is 40.3 Å². The first-order valence-corrected chi connectivity index (χ1v) is 19.5. The number of aliphatic hydroxyl groups is 1. The number of nitrogens with zero attached hydrogens (tertiary/aromatic N) is 6. The van der Waals surface area contributed by atoms with Crippen molar-refractivity contribution in [2.45, 2.75) is 32.4 Å². The molecule has 1 fully saturated rings. The minimum atomic E-state index is -0.572. The number of anilines is 1. The molecule has 4 N–H and O–H groups in total. The van der Waals surface area contributed by atoms with Crippen molar-refractivity contribution in [2.24, 2.45) is 0 Å². The number of H-pyrrole nitrogens is 1. The number of nitrogens with one attached hydrogen (secondary N) is 3. The summed E-state index contributed by atoms with van der Waals surface area (Å²) in [6.45, 7) is 2.22. The molecule has 4 aromatic rings. The van der Waals surface area contributed by atoms with E-state index in [9.17, 15) is 29.1 Å². The summed E-state index contributed by atoms with van der Waals surface area (Å²) < 4.78 is 1.49. The van der Waals surface area contributed by atoms with Crippen LogP contribution in [0.25, 0.3) is 22.2 Å². The minimum Gasteiger partial charge on any atom is -0.387 e. The smallest absolute Gasteiger partial charge is 0.248 e. The van der Waals surface area contributed by atoms with Crippen molar-refractivity contribution in [3.63, 3.8) is 0 Å². The summed E-state index contributed by atoms with van der Waals surface area (Å²) in [5.74, 6) is -1.18. The number of rotatable bonds is 14. The van der Waals surface area contributed by atoms with Crippen molar-refractivity contribution in [3.05, 3.63) is 68.8 Å². The predicted octanol–water partition coefficient (Wildman–Crippen LogP) is 2.43. The third-order valence-corrected chi connectivity index (χ3v) is 11.4. The number of likely N-dealkylation sites (N-methyl/N-ethyl adjacent to an activating group) is 1. The highest BCUT2D eigenvalue weighted by Crippen LogP contribution is 2.42. The van der Waals surface area contributed by atoms with Crippen LogP contribution in [0.4, 0.5) is 5.00 Å². The van der Waals surface area contributed by atoms with Gasteiger partial charge in [0.05, 0.1) is 26.3 Å². The van der Waals surface area contributed by atoms with E-state index in [1.165, 1.54) is 22.1 Å². The zero-order valence-electron chi connectivity index (χ0n) is 30.6. The molecule has 0 bridgehead atoms. The second-order valence-corrected chi connectivity index (χ2v) is 15.5. The van der Waals surface area contributed by atoms with E-state index in [2.05, 4.69) is 20.7 Å². The first kappa shape index (κ1) is 39.9. The molecule has 3 aromatic heterocycles. The second-order valence-electron chi connectivity index (χ2n) is 13.6. The highest BCUT2D eigenvalue weighted by molar-refractivity contribution is 7.16. The molecule has 5 amide bonds. The van der Waals surface area contributed by atoms with Gasteiger partial charge in [-0.15, -0.1) is 11.3 Å². The maximum absolute atomic E-state index is 12.8. The van der Waals surface area contributed by atoms with Crippen molar-refractivity contribution < 1.29 is 29.1 Å². The average Bonchev–Trinajstić information content (AvgIpc) is 3.91. The molecule has 0 spiro atoms. The minimum absolute atomic E-state index is 0.0304. The summed E-state index contributed by atoms with van der Waals surface area (Å²) in [6.07, 6.45) is 6.23. The van der Waals surface area contributed by atoms with Crippen molar-refractivity contribution in [2.75, 3.05) is 71.4 Å². The van der Waals surface area contributed by atoms with Crippen LogP contribution in [0, 0.1) is 0 Å². The van der Waals surface area contributed by atoms with Gasteiger partial charge in [0.2, 0.25) is 29.5 Å². The van der Waals surface area contributed by atoms with Crippen molar-refractivity contribution in [3.8, 4) is 11.3 Å². The number of thiophene rings is 1.